The van der Waals surface area contributed by atoms with Crippen LogP contribution in [0.3, 0.4) is 0 Å². The molecule has 0 saturated heterocycles. The summed E-state index contributed by atoms with van der Waals surface area (Å²) >= 11 is 0. The molecule has 0 aromatic carbocycles. The maximum absolute atomic E-state index is 12.6. The number of hydrogen-bond donors (Lipinski definition) is 0. The fraction of sp³-hybridized carbons (Fsp3) is 0.735. The molecule has 55 heavy (non-hydrogen) atoms. The van der Waals surface area contributed by atoms with E-state index in [2.05, 4.69) is 81.5 Å². The van der Waals surface area contributed by atoms with Gasteiger partial charge in [-0.15, -0.1) is 0 Å². The topological polar surface area (TPSA) is 78.9 Å². The fourth-order valence-electron chi connectivity index (χ4n) is 6.14. The minimum absolute atomic E-state index is 0.0883. The molecular formula is C49H84O6. The summed E-state index contributed by atoms with van der Waals surface area (Å²) in [6.45, 7) is 6.33. The van der Waals surface area contributed by atoms with E-state index in [0.29, 0.717) is 19.3 Å². The summed E-state index contributed by atoms with van der Waals surface area (Å²) in [6, 6.07) is 0. The summed E-state index contributed by atoms with van der Waals surface area (Å²) < 4.78 is 16.6. The van der Waals surface area contributed by atoms with Gasteiger partial charge in [-0.3, -0.25) is 14.4 Å². The van der Waals surface area contributed by atoms with Gasteiger partial charge in [0.05, 0.1) is 0 Å². The second-order valence-electron chi connectivity index (χ2n) is 14.9. The molecule has 0 amide bonds. The quantitative estimate of drug-likeness (QED) is 0.0267. The smallest absolute Gasteiger partial charge is 0.306 e. The van der Waals surface area contributed by atoms with E-state index in [0.717, 1.165) is 83.5 Å². The Hall–Kier alpha value is -2.89. The molecule has 0 bridgehead atoms. The summed E-state index contributed by atoms with van der Waals surface area (Å²) in [6.07, 6.45) is 52.2. The lowest BCUT2D eigenvalue weighted by molar-refractivity contribution is -0.167. The number of unbranched alkanes of at least 4 members (excludes halogenated alkanes) is 19. The van der Waals surface area contributed by atoms with Crippen molar-refractivity contribution in [2.45, 2.75) is 219 Å². The van der Waals surface area contributed by atoms with Crippen molar-refractivity contribution in [2.24, 2.45) is 0 Å². The molecule has 0 heterocycles. The Kier molecular flexibility index (Phi) is 41.5. The third-order valence-electron chi connectivity index (χ3n) is 9.52. The van der Waals surface area contributed by atoms with E-state index in [4.69, 9.17) is 14.2 Å². The molecule has 1 atom stereocenters. The zero-order valence-electron chi connectivity index (χ0n) is 35.9. The number of esters is 3. The number of ether oxygens (including phenoxy) is 3. The average Bonchev–Trinajstić information content (AvgIpc) is 3.18. The fourth-order valence-corrected chi connectivity index (χ4v) is 6.14. The number of hydrogen-bond acceptors (Lipinski definition) is 6. The highest BCUT2D eigenvalue weighted by molar-refractivity contribution is 5.71. The van der Waals surface area contributed by atoms with Gasteiger partial charge in [0.2, 0.25) is 0 Å². The van der Waals surface area contributed by atoms with Gasteiger partial charge in [-0.1, -0.05) is 178 Å². The molecule has 0 aliphatic heterocycles. The van der Waals surface area contributed by atoms with E-state index in [-0.39, 0.29) is 37.5 Å². The molecule has 0 aromatic rings. The van der Waals surface area contributed by atoms with Gasteiger partial charge in [-0.05, 0) is 77.0 Å². The van der Waals surface area contributed by atoms with Crippen molar-refractivity contribution < 1.29 is 28.6 Å². The molecule has 6 heteroatoms. The van der Waals surface area contributed by atoms with Crippen molar-refractivity contribution >= 4 is 17.9 Å². The number of carbonyl (C=O) groups is 3. The third kappa shape index (κ3) is 42.1. The Balaban J connectivity index is 4.28. The van der Waals surface area contributed by atoms with Crippen molar-refractivity contribution in [1.82, 2.24) is 0 Å². The Labute approximate surface area is 339 Å². The zero-order valence-corrected chi connectivity index (χ0v) is 35.9. The van der Waals surface area contributed by atoms with Crippen molar-refractivity contribution in [2.75, 3.05) is 13.2 Å². The van der Waals surface area contributed by atoms with E-state index >= 15 is 0 Å². The number of carbonyl (C=O) groups excluding carboxylic acids is 3. The third-order valence-corrected chi connectivity index (χ3v) is 9.52. The van der Waals surface area contributed by atoms with Crippen molar-refractivity contribution in [3.63, 3.8) is 0 Å². The predicted molar refractivity (Wildman–Crippen MR) is 233 cm³/mol. The van der Waals surface area contributed by atoms with Gasteiger partial charge in [0.1, 0.15) is 13.2 Å². The van der Waals surface area contributed by atoms with Crippen LogP contribution in [0.2, 0.25) is 0 Å². The molecule has 0 radical (unpaired) electrons. The summed E-state index contributed by atoms with van der Waals surface area (Å²) in [5.74, 6) is -0.937. The van der Waals surface area contributed by atoms with Crippen LogP contribution in [0.5, 0.6) is 0 Å². The SMILES string of the molecule is CC/C=C\C/C=C\C/C=C\CCCCCCCCCCCC(=O)OCC(COC(=O)CCCCCCCCCCC)OC(=O)CCCC/C=C\C/C=C\CC. The first-order chi connectivity index (χ1) is 27.0. The van der Waals surface area contributed by atoms with Crippen LogP contribution in [0.15, 0.2) is 60.8 Å². The second kappa shape index (κ2) is 43.8. The molecule has 0 aliphatic rings. The molecule has 0 spiro atoms. The van der Waals surface area contributed by atoms with Crippen molar-refractivity contribution in [3.8, 4) is 0 Å². The molecule has 0 saturated carbocycles. The summed E-state index contributed by atoms with van der Waals surface area (Å²) in [5, 5.41) is 0. The average molecular weight is 769 g/mol. The Morgan fingerprint density at radius 2 is 0.709 bits per heavy atom. The van der Waals surface area contributed by atoms with Crippen LogP contribution >= 0.6 is 0 Å². The summed E-state index contributed by atoms with van der Waals surface area (Å²) in [4.78, 5) is 37.6. The molecule has 0 rings (SSSR count). The maximum atomic E-state index is 12.6. The van der Waals surface area contributed by atoms with Crippen LogP contribution in [0.25, 0.3) is 0 Å². The summed E-state index contributed by atoms with van der Waals surface area (Å²) in [7, 11) is 0. The Bertz CT molecular complexity index is 1020. The van der Waals surface area contributed by atoms with Crippen LogP contribution in [0.4, 0.5) is 0 Å². The lowest BCUT2D eigenvalue weighted by Crippen LogP contribution is -2.30. The molecule has 0 aliphatic carbocycles. The van der Waals surface area contributed by atoms with E-state index in [9.17, 15) is 14.4 Å². The zero-order chi connectivity index (χ0) is 40.1. The van der Waals surface area contributed by atoms with Gasteiger partial charge in [0.15, 0.2) is 6.10 Å². The lowest BCUT2D eigenvalue weighted by Gasteiger charge is -2.18. The monoisotopic (exact) mass is 769 g/mol. The van der Waals surface area contributed by atoms with E-state index in [1.807, 2.05) is 0 Å². The number of allylic oxidation sites excluding steroid dienone is 10. The van der Waals surface area contributed by atoms with E-state index < -0.39 is 6.10 Å². The first-order valence-corrected chi connectivity index (χ1v) is 22.8. The van der Waals surface area contributed by atoms with Gasteiger partial charge in [0, 0.05) is 19.3 Å². The van der Waals surface area contributed by atoms with Crippen LogP contribution in [-0.4, -0.2) is 37.2 Å². The predicted octanol–water partition coefficient (Wildman–Crippen LogP) is 14.5. The highest BCUT2D eigenvalue weighted by Gasteiger charge is 2.19. The first-order valence-electron chi connectivity index (χ1n) is 22.8. The standard InChI is InChI=1S/C49H84O6/c1-4-7-10-13-16-19-20-21-22-23-24-25-26-27-28-31-33-36-39-42-48(51)54-45-46(55-49(52)43-40-37-34-30-18-15-12-9-6-3)44-53-47(50)41-38-35-32-29-17-14-11-8-5-2/h7,9-10,12,16,18-19,21-22,30,46H,4-6,8,11,13-15,17,20,23-29,31-45H2,1-3H3/b10-7-,12-9-,19-16-,22-21-,30-18-. The second-order valence-corrected chi connectivity index (χ2v) is 14.9. The highest BCUT2D eigenvalue weighted by Crippen LogP contribution is 2.14. The highest BCUT2D eigenvalue weighted by atomic mass is 16.6. The maximum Gasteiger partial charge on any atom is 0.306 e. The van der Waals surface area contributed by atoms with E-state index in [1.165, 1.54) is 83.5 Å². The van der Waals surface area contributed by atoms with Crippen LogP contribution in [-0.2, 0) is 28.6 Å². The molecule has 316 valence electrons. The van der Waals surface area contributed by atoms with Gasteiger partial charge >= 0.3 is 17.9 Å². The Morgan fingerprint density at radius 3 is 1.15 bits per heavy atom. The molecule has 0 aromatic heterocycles. The van der Waals surface area contributed by atoms with Gasteiger partial charge in [-0.25, -0.2) is 0 Å². The van der Waals surface area contributed by atoms with Crippen molar-refractivity contribution in [3.05, 3.63) is 60.8 Å². The molecule has 1 unspecified atom stereocenters. The van der Waals surface area contributed by atoms with Gasteiger partial charge < -0.3 is 14.2 Å². The van der Waals surface area contributed by atoms with E-state index in [1.54, 1.807) is 0 Å². The van der Waals surface area contributed by atoms with Crippen molar-refractivity contribution in [1.29, 1.82) is 0 Å². The minimum Gasteiger partial charge on any atom is -0.462 e. The largest absolute Gasteiger partial charge is 0.462 e. The molecule has 0 fully saturated rings. The minimum atomic E-state index is -0.787. The normalized spacial score (nSPS) is 12.6. The molecular weight excluding hydrogens is 685 g/mol. The lowest BCUT2D eigenvalue weighted by atomic mass is 10.1. The first kappa shape index (κ1) is 52.1. The van der Waals surface area contributed by atoms with Gasteiger partial charge in [0.25, 0.3) is 0 Å². The van der Waals surface area contributed by atoms with Gasteiger partial charge in [-0.2, -0.15) is 0 Å². The molecule has 0 N–H and O–H groups in total. The summed E-state index contributed by atoms with van der Waals surface area (Å²) in [5.41, 5.74) is 0. The van der Waals surface area contributed by atoms with Crippen LogP contribution in [0, 0.1) is 0 Å². The van der Waals surface area contributed by atoms with Crippen LogP contribution in [0.1, 0.15) is 213 Å². The van der Waals surface area contributed by atoms with Crippen LogP contribution < -0.4 is 0 Å². The Morgan fingerprint density at radius 1 is 0.382 bits per heavy atom. The number of rotatable bonds is 40. The molecule has 6 nitrogen and oxygen atoms in total.